The Labute approximate surface area is 200 Å². The van der Waals surface area contributed by atoms with Gasteiger partial charge in [0.05, 0.1) is 31.4 Å². The summed E-state index contributed by atoms with van der Waals surface area (Å²) in [6.45, 7) is 0.0331. The van der Waals surface area contributed by atoms with Gasteiger partial charge in [-0.3, -0.25) is 9.59 Å². The average Bonchev–Trinajstić information content (AvgIpc) is 3.25. The van der Waals surface area contributed by atoms with Gasteiger partial charge in [-0.2, -0.15) is 0 Å². The smallest absolute Gasteiger partial charge is 0.287 e. The average molecular weight is 486 g/mol. The predicted octanol–water partition coefficient (Wildman–Crippen LogP) is 2.29. The number of aliphatic hydroxyl groups is 2. The molecule has 10 heteroatoms. The monoisotopic (exact) mass is 485 g/mol. The molecule has 35 heavy (non-hydrogen) atoms. The summed E-state index contributed by atoms with van der Waals surface area (Å²) in [4.78, 5) is 32.0. The summed E-state index contributed by atoms with van der Waals surface area (Å²) in [5.74, 6) is -0.941. The van der Waals surface area contributed by atoms with Gasteiger partial charge in [-0.25, -0.2) is 9.37 Å². The number of aromatic nitrogens is 2. The summed E-state index contributed by atoms with van der Waals surface area (Å²) in [6, 6.07) is 9.65. The first-order valence-electron chi connectivity index (χ1n) is 11.4. The van der Waals surface area contributed by atoms with Gasteiger partial charge in [0.1, 0.15) is 11.1 Å². The van der Waals surface area contributed by atoms with E-state index in [-0.39, 0.29) is 48.2 Å². The van der Waals surface area contributed by atoms with E-state index in [0.29, 0.717) is 25.0 Å². The first-order valence-corrected chi connectivity index (χ1v) is 11.4. The number of fused-ring (bicyclic) bond motifs is 1. The van der Waals surface area contributed by atoms with E-state index >= 15 is 0 Å². The summed E-state index contributed by atoms with van der Waals surface area (Å²) in [6.07, 6.45) is 2.22. The molecule has 3 aromatic rings. The Hall–Kier alpha value is -3.50. The largest absolute Gasteiger partial charge is 0.497 e. The van der Waals surface area contributed by atoms with Crippen LogP contribution in [-0.2, 0) is 6.54 Å². The van der Waals surface area contributed by atoms with E-state index in [1.807, 2.05) is 6.07 Å². The number of nitrogens with zero attached hydrogens (tertiary/aromatic N) is 1. The van der Waals surface area contributed by atoms with Crippen LogP contribution in [0.15, 0.2) is 41.2 Å². The molecule has 1 saturated carbocycles. The first kappa shape index (κ1) is 24.6. The summed E-state index contributed by atoms with van der Waals surface area (Å²) >= 11 is 0. The van der Waals surface area contributed by atoms with Crippen molar-refractivity contribution in [3.63, 3.8) is 0 Å². The van der Waals surface area contributed by atoms with Crippen LogP contribution < -0.4 is 20.3 Å². The number of aromatic amines is 1. The zero-order valence-corrected chi connectivity index (χ0v) is 19.3. The molecule has 0 radical (unpaired) electrons. The fourth-order valence-electron chi connectivity index (χ4n) is 4.41. The SMILES string of the molecule is COc1cccc(CNC(=O)c2nc3ccc(F)c(OCCC4CCC(O)(CO)C4)c3c(=O)[nH]2)c1. The quantitative estimate of drug-likeness (QED) is 0.365. The summed E-state index contributed by atoms with van der Waals surface area (Å²) < 4.78 is 25.3. The Morgan fingerprint density at radius 2 is 2.17 bits per heavy atom. The fraction of sp³-hybridized carbons (Fsp3) is 0.400. The second-order valence-corrected chi connectivity index (χ2v) is 8.85. The van der Waals surface area contributed by atoms with E-state index in [2.05, 4.69) is 15.3 Å². The third kappa shape index (κ3) is 5.60. The van der Waals surface area contributed by atoms with E-state index in [4.69, 9.17) is 9.47 Å². The Morgan fingerprint density at radius 3 is 2.91 bits per heavy atom. The van der Waals surface area contributed by atoms with Crippen LogP contribution in [-0.4, -0.2) is 52.0 Å². The Kier molecular flexibility index (Phi) is 7.32. The van der Waals surface area contributed by atoms with Crippen molar-refractivity contribution in [2.45, 2.75) is 37.8 Å². The topological polar surface area (TPSA) is 134 Å². The number of hydrogen-bond acceptors (Lipinski definition) is 7. The molecular formula is C25H28FN3O6. The molecular weight excluding hydrogens is 457 g/mol. The molecule has 4 N–H and O–H groups in total. The zero-order chi connectivity index (χ0) is 25.0. The number of carbonyl (C=O) groups is 1. The lowest BCUT2D eigenvalue weighted by Crippen LogP contribution is -2.29. The minimum absolute atomic E-state index is 0.0763. The number of benzene rings is 2. The maximum Gasteiger partial charge on any atom is 0.287 e. The number of rotatable bonds is 9. The van der Waals surface area contributed by atoms with E-state index in [0.717, 1.165) is 18.1 Å². The normalized spacial score (nSPS) is 19.6. The van der Waals surface area contributed by atoms with Gasteiger partial charge in [0.25, 0.3) is 11.5 Å². The van der Waals surface area contributed by atoms with E-state index in [9.17, 15) is 24.2 Å². The number of nitrogens with one attached hydrogen (secondary N) is 2. The van der Waals surface area contributed by atoms with Crippen molar-refractivity contribution in [1.82, 2.24) is 15.3 Å². The van der Waals surface area contributed by atoms with Gasteiger partial charge in [-0.1, -0.05) is 12.1 Å². The number of halogens is 1. The number of methoxy groups -OCH3 is 1. The lowest BCUT2D eigenvalue weighted by molar-refractivity contribution is -0.0118. The highest BCUT2D eigenvalue weighted by molar-refractivity contribution is 5.93. The van der Waals surface area contributed by atoms with Crippen molar-refractivity contribution < 1.29 is 28.9 Å². The number of amides is 1. The lowest BCUT2D eigenvalue weighted by Gasteiger charge is -2.19. The molecule has 1 heterocycles. The standard InChI is InChI=1S/C25H28FN3O6/c1-34-17-4-2-3-16(11-17)13-27-24(32)22-28-19-6-5-18(26)21(20(19)23(31)29-22)35-10-8-15-7-9-25(33,12-15)14-30/h2-6,11,15,30,33H,7-10,12-14H2,1H3,(H,27,32)(H,28,29,31). The van der Waals surface area contributed by atoms with Crippen molar-refractivity contribution in [3.05, 3.63) is 64.0 Å². The highest BCUT2D eigenvalue weighted by Crippen LogP contribution is 2.36. The number of hydrogen-bond donors (Lipinski definition) is 4. The molecule has 186 valence electrons. The molecule has 0 saturated heterocycles. The number of aliphatic hydroxyl groups excluding tert-OH is 1. The molecule has 9 nitrogen and oxygen atoms in total. The molecule has 2 aromatic carbocycles. The molecule has 1 aromatic heterocycles. The maximum atomic E-state index is 14.5. The summed E-state index contributed by atoms with van der Waals surface area (Å²) in [7, 11) is 1.55. The van der Waals surface area contributed by atoms with Crippen LogP contribution in [0.1, 0.15) is 41.9 Å². The molecule has 2 atom stereocenters. The van der Waals surface area contributed by atoms with Gasteiger partial charge >= 0.3 is 0 Å². The van der Waals surface area contributed by atoms with Crippen LogP contribution in [0.5, 0.6) is 11.5 Å². The predicted molar refractivity (Wildman–Crippen MR) is 126 cm³/mol. The third-order valence-corrected chi connectivity index (χ3v) is 6.33. The van der Waals surface area contributed by atoms with Crippen molar-refractivity contribution in [2.75, 3.05) is 20.3 Å². The highest BCUT2D eigenvalue weighted by atomic mass is 19.1. The number of carbonyl (C=O) groups excluding carboxylic acids is 1. The van der Waals surface area contributed by atoms with Gasteiger partial charge in [0.15, 0.2) is 17.4 Å². The van der Waals surface area contributed by atoms with Gasteiger partial charge < -0.3 is 30.0 Å². The fourth-order valence-corrected chi connectivity index (χ4v) is 4.41. The molecule has 1 aliphatic carbocycles. The van der Waals surface area contributed by atoms with Crippen molar-refractivity contribution in [3.8, 4) is 11.5 Å². The molecule has 0 aliphatic heterocycles. The second-order valence-electron chi connectivity index (χ2n) is 8.85. The van der Waals surface area contributed by atoms with E-state index < -0.39 is 22.9 Å². The van der Waals surface area contributed by atoms with Crippen LogP contribution in [0, 0.1) is 11.7 Å². The number of H-pyrrole nitrogens is 1. The van der Waals surface area contributed by atoms with Crippen molar-refractivity contribution >= 4 is 16.8 Å². The zero-order valence-electron chi connectivity index (χ0n) is 19.3. The van der Waals surface area contributed by atoms with Crippen LogP contribution in [0.25, 0.3) is 10.9 Å². The highest BCUT2D eigenvalue weighted by Gasteiger charge is 2.36. The van der Waals surface area contributed by atoms with Gasteiger partial charge in [-0.15, -0.1) is 0 Å². The van der Waals surface area contributed by atoms with Crippen molar-refractivity contribution in [1.29, 1.82) is 0 Å². The van der Waals surface area contributed by atoms with Gasteiger partial charge in [0, 0.05) is 6.54 Å². The number of ether oxygens (including phenoxy) is 2. The second kappa shape index (κ2) is 10.4. The Morgan fingerprint density at radius 1 is 1.34 bits per heavy atom. The van der Waals surface area contributed by atoms with Crippen LogP contribution in [0.2, 0.25) is 0 Å². The Balaban J connectivity index is 1.46. The summed E-state index contributed by atoms with van der Waals surface area (Å²) in [5, 5.41) is 22.1. The molecule has 1 fully saturated rings. The molecule has 0 spiro atoms. The third-order valence-electron chi connectivity index (χ3n) is 6.33. The minimum atomic E-state index is -1.07. The maximum absolute atomic E-state index is 14.5. The lowest BCUT2D eigenvalue weighted by atomic mass is 9.99. The van der Waals surface area contributed by atoms with Crippen molar-refractivity contribution in [2.24, 2.45) is 5.92 Å². The van der Waals surface area contributed by atoms with E-state index in [1.54, 1.807) is 25.3 Å². The van der Waals surface area contributed by atoms with Gasteiger partial charge in [-0.05, 0) is 61.4 Å². The molecule has 4 rings (SSSR count). The van der Waals surface area contributed by atoms with Crippen LogP contribution >= 0.6 is 0 Å². The van der Waals surface area contributed by atoms with Crippen LogP contribution in [0.4, 0.5) is 4.39 Å². The first-order chi connectivity index (χ1) is 16.8. The minimum Gasteiger partial charge on any atom is -0.497 e. The molecule has 0 bridgehead atoms. The summed E-state index contributed by atoms with van der Waals surface area (Å²) in [5.41, 5.74) is -0.822. The van der Waals surface area contributed by atoms with E-state index in [1.165, 1.54) is 6.07 Å². The van der Waals surface area contributed by atoms with Crippen LogP contribution in [0.3, 0.4) is 0 Å². The Bertz CT molecular complexity index is 1280. The van der Waals surface area contributed by atoms with Gasteiger partial charge in [0.2, 0.25) is 0 Å². The molecule has 2 unspecified atom stereocenters. The molecule has 1 aliphatic rings. The molecule has 1 amide bonds.